The van der Waals surface area contributed by atoms with Gasteiger partial charge in [-0.2, -0.15) is 0 Å². The van der Waals surface area contributed by atoms with Gasteiger partial charge in [0.1, 0.15) is 11.4 Å². The summed E-state index contributed by atoms with van der Waals surface area (Å²) in [7, 11) is 0. The van der Waals surface area contributed by atoms with Crippen molar-refractivity contribution < 1.29 is 14.3 Å². The Kier molecular flexibility index (Phi) is 6.07. The molecule has 0 aromatic carbocycles. The molecule has 0 aromatic rings. The van der Waals surface area contributed by atoms with Gasteiger partial charge in [0.25, 0.3) is 0 Å². The third-order valence-corrected chi connectivity index (χ3v) is 3.18. The molecule has 0 N–H and O–H groups in total. The van der Waals surface area contributed by atoms with Crippen molar-refractivity contribution in [3.8, 4) is 0 Å². The van der Waals surface area contributed by atoms with E-state index in [1.54, 1.807) is 4.90 Å². The Morgan fingerprint density at radius 2 is 1.74 bits per heavy atom. The van der Waals surface area contributed by atoms with E-state index in [1.165, 1.54) is 0 Å². The number of rotatable bonds is 4. The van der Waals surface area contributed by atoms with Crippen LogP contribution in [-0.2, 0) is 9.53 Å². The van der Waals surface area contributed by atoms with Gasteiger partial charge in [-0.15, -0.1) is 11.6 Å². The smallest absolute Gasteiger partial charge is 0.410 e. The summed E-state index contributed by atoms with van der Waals surface area (Å²) in [5.74, 6) is 0.147. The summed E-state index contributed by atoms with van der Waals surface area (Å²) in [5.41, 5.74) is -0.457. The lowest BCUT2D eigenvalue weighted by Crippen LogP contribution is -2.50. The minimum atomic E-state index is -0.457. The first-order valence-electron chi connectivity index (χ1n) is 6.60. The molecule has 0 aromatic heterocycles. The Balaban J connectivity index is 2.29. The zero-order valence-electron chi connectivity index (χ0n) is 11.9. The number of alkyl halides is 1. The van der Waals surface area contributed by atoms with Crippen molar-refractivity contribution in [2.75, 3.05) is 38.6 Å². The topological polar surface area (TPSA) is 49.9 Å². The van der Waals surface area contributed by atoms with Crippen LogP contribution in [0.2, 0.25) is 0 Å². The molecule has 1 rings (SSSR count). The van der Waals surface area contributed by atoms with Crippen molar-refractivity contribution in [3.05, 3.63) is 0 Å². The highest BCUT2D eigenvalue weighted by Gasteiger charge is 2.25. The minimum absolute atomic E-state index is 0.0660. The van der Waals surface area contributed by atoms with Crippen LogP contribution in [0.15, 0.2) is 0 Å². The lowest BCUT2D eigenvalue weighted by Gasteiger charge is -2.35. The maximum absolute atomic E-state index is 11.8. The van der Waals surface area contributed by atoms with Crippen molar-refractivity contribution in [2.45, 2.75) is 32.8 Å². The molecule has 1 aliphatic rings. The number of amides is 1. The molecule has 1 amide bonds. The van der Waals surface area contributed by atoms with Crippen LogP contribution in [0, 0.1) is 0 Å². The summed E-state index contributed by atoms with van der Waals surface area (Å²) in [4.78, 5) is 26.9. The van der Waals surface area contributed by atoms with E-state index < -0.39 is 5.60 Å². The molecule has 0 saturated carbocycles. The first kappa shape index (κ1) is 16.2. The molecule has 1 saturated heterocycles. The van der Waals surface area contributed by atoms with Crippen molar-refractivity contribution in [3.63, 3.8) is 0 Å². The zero-order chi connectivity index (χ0) is 14.5. The number of ether oxygens (including phenoxy) is 1. The number of halogens is 1. The molecule has 110 valence electrons. The fourth-order valence-corrected chi connectivity index (χ4v) is 1.96. The van der Waals surface area contributed by atoms with Gasteiger partial charge in [0.15, 0.2) is 0 Å². The molecule has 0 bridgehead atoms. The molecule has 1 heterocycles. The van der Waals surface area contributed by atoms with Crippen LogP contribution in [0.5, 0.6) is 0 Å². The summed E-state index contributed by atoms with van der Waals surface area (Å²) in [6, 6.07) is 0. The first-order chi connectivity index (χ1) is 8.81. The van der Waals surface area contributed by atoms with Gasteiger partial charge in [0.2, 0.25) is 0 Å². The maximum Gasteiger partial charge on any atom is 0.410 e. The van der Waals surface area contributed by atoms with Gasteiger partial charge in [0.05, 0.1) is 5.88 Å². The first-order valence-corrected chi connectivity index (χ1v) is 7.13. The molecule has 0 radical (unpaired) electrons. The molecule has 19 heavy (non-hydrogen) atoms. The second-order valence-electron chi connectivity index (χ2n) is 5.73. The molecule has 0 spiro atoms. The Hall–Kier alpha value is -0.810. The summed E-state index contributed by atoms with van der Waals surface area (Å²) in [6.45, 7) is 9.13. The van der Waals surface area contributed by atoms with Crippen LogP contribution in [0.4, 0.5) is 4.79 Å². The molecular formula is C13H23ClN2O3. The van der Waals surface area contributed by atoms with E-state index in [-0.39, 0.29) is 17.8 Å². The van der Waals surface area contributed by atoms with Gasteiger partial charge in [-0.1, -0.05) is 0 Å². The van der Waals surface area contributed by atoms with E-state index in [2.05, 4.69) is 4.90 Å². The van der Waals surface area contributed by atoms with Gasteiger partial charge in [0, 0.05) is 39.1 Å². The van der Waals surface area contributed by atoms with Crippen LogP contribution >= 0.6 is 11.6 Å². The Labute approximate surface area is 119 Å². The number of ketones is 1. The summed E-state index contributed by atoms with van der Waals surface area (Å²) >= 11 is 5.46. The number of Topliss-reactive ketones (excluding diaryl/α,β-unsaturated/α-hetero) is 1. The van der Waals surface area contributed by atoms with Gasteiger partial charge >= 0.3 is 6.09 Å². The molecule has 5 nitrogen and oxygen atoms in total. The zero-order valence-corrected chi connectivity index (χ0v) is 12.7. The third-order valence-electron chi connectivity index (χ3n) is 2.88. The van der Waals surface area contributed by atoms with Crippen molar-refractivity contribution in [1.82, 2.24) is 9.80 Å². The van der Waals surface area contributed by atoms with E-state index in [9.17, 15) is 9.59 Å². The fraction of sp³-hybridized carbons (Fsp3) is 0.846. The average Bonchev–Trinajstić information content (AvgIpc) is 2.34. The van der Waals surface area contributed by atoms with E-state index in [0.717, 1.165) is 13.1 Å². The highest BCUT2D eigenvalue weighted by molar-refractivity contribution is 6.27. The average molecular weight is 291 g/mol. The minimum Gasteiger partial charge on any atom is -0.444 e. The molecule has 0 unspecified atom stereocenters. The van der Waals surface area contributed by atoms with Crippen molar-refractivity contribution >= 4 is 23.5 Å². The predicted molar refractivity (Wildman–Crippen MR) is 74.6 cm³/mol. The monoisotopic (exact) mass is 290 g/mol. The van der Waals surface area contributed by atoms with Crippen LogP contribution in [0.25, 0.3) is 0 Å². The van der Waals surface area contributed by atoms with Crippen LogP contribution in [0.1, 0.15) is 27.2 Å². The quantitative estimate of drug-likeness (QED) is 0.740. The number of piperazine rings is 1. The number of carbonyl (C=O) groups excluding carboxylic acids is 2. The van der Waals surface area contributed by atoms with Crippen molar-refractivity contribution in [2.24, 2.45) is 0 Å². The number of nitrogens with zero attached hydrogens (tertiary/aromatic N) is 2. The second kappa shape index (κ2) is 7.10. The number of hydrogen-bond donors (Lipinski definition) is 0. The van der Waals surface area contributed by atoms with Crippen LogP contribution in [0.3, 0.4) is 0 Å². The van der Waals surface area contributed by atoms with Gasteiger partial charge in [-0.3, -0.25) is 9.69 Å². The Morgan fingerprint density at radius 1 is 1.16 bits per heavy atom. The van der Waals surface area contributed by atoms with Crippen LogP contribution in [-0.4, -0.2) is 65.9 Å². The Morgan fingerprint density at radius 3 is 2.21 bits per heavy atom. The van der Waals surface area contributed by atoms with E-state index in [1.807, 2.05) is 20.8 Å². The summed E-state index contributed by atoms with van der Waals surface area (Å²) in [6.07, 6.45) is 0.222. The lowest BCUT2D eigenvalue weighted by molar-refractivity contribution is -0.117. The molecule has 0 atom stereocenters. The van der Waals surface area contributed by atoms with E-state index in [4.69, 9.17) is 16.3 Å². The lowest BCUT2D eigenvalue weighted by atomic mass is 10.2. The standard InChI is InChI=1S/C13H23ClN2O3/c1-13(2,3)19-12(18)16-8-6-15(7-9-16)5-4-11(17)10-14/h4-10H2,1-3H3. The highest BCUT2D eigenvalue weighted by atomic mass is 35.5. The summed E-state index contributed by atoms with van der Waals surface area (Å²) < 4.78 is 5.32. The second-order valence-corrected chi connectivity index (χ2v) is 6.00. The third kappa shape index (κ3) is 6.25. The maximum atomic E-state index is 11.8. The highest BCUT2D eigenvalue weighted by Crippen LogP contribution is 2.12. The number of carbonyl (C=O) groups is 2. The molecule has 6 heteroatoms. The SMILES string of the molecule is CC(C)(C)OC(=O)N1CCN(CCC(=O)CCl)CC1. The molecule has 0 aliphatic carbocycles. The Bertz CT molecular complexity index is 320. The van der Waals surface area contributed by atoms with Crippen LogP contribution < -0.4 is 0 Å². The fourth-order valence-electron chi connectivity index (χ4n) is 1.83. The summed E-state index contributed by atoms with van der Waals surface area (Å²) in [5, 5.41) is 0. The number of hydrogen-bond acceptors (Lipinski definition) is 4. The molecule has 1 fully saturated rings. The van der Waals surface area contributed by atoms with E-state index in [0.29, 0.717) is 26.1 Å². The van der Waals surface area contributed by atoms with Gasteiger partial charge in [-0.25, -0.2) is 4.79 Å². The van der Waals surface area contributed by atoms with Crippen molar-refractivity contribution in [1.29, 1.82) is 0 Å². The van der Waals surface area contributed by atoms with Gasteiger partial charge < -0.3 is 9.64 Å². The molecule has 1 aliphatic heterocycles. The molecular weight excluding hydrogens is 268 g/mol. The van der Waals surface area contributed by atoms with E-state index >= 15 is 0 Å². The largest absolute Gasteiger partial charge is 0.444 e. The van der Waals surface area contributed by atoms with Gasteiger partial charge in [-0.05, 0) is 20.8 Å². The normalized spacial score (nSPS) is 17.4. The predicted octanol–water partition coefficient (Wildman–Crippen LogP) is 1.74.